The first-order valence-corrected chi connectivity index (χ1v) is 10.3. The maximum absolute atomic E-state index is 13.4. The first kappa shape index (κ1) is 22.1. The SMILES string of the molecule is CC(=O)N1C2CCC(C3CNNC3C(F)(F)F)CC2N(C(=O)OC(C)C)C[C@@H]1C. The quantitative estimate of drug-likeness (QED) is 0.717. The predicted octanol–water partition coefficient (Wildman–Crippen LogP) is 2.28. The molecule has 0 bridgehead atoms. The highest BCUT2D eigenvalue weighted by Gasteiger charge is 2.53. The van der Waals surface area contributed by atoms with Gasteiger partial charge in [0.25, 0.3) is 0 Å². The molecule has 29 heavy (non-hydrogen) atoms. The Kier molecular flexibility index (Phi) is 6.33. The zero-order valence-corrected chi connectivity index (χ0v) is 17.3. The Balaban J connectivity index is 1.84. The van der Waals surface area contributed by atoms with E-state index in [1.165, 1.54) is 6.92 Å². The van der Waals surface area contributed by atoms with Crippen LogP contribution >= 0.6 is 0 Å². The first-order valence-electron chi connectivity index (χ1n) is 10.3. The number of carbonyl (C=O) groups is 2. The van der Waals surface area contributed by atoms with Crippen LogP contribution in [0.5, 0.6) is 0 Å². The Morgan fingerprint density at radius 1 is 1.17 bits per heavy atom. The van der Waals surface area contributed by atoms with E-state index in [2.05, 4.69) is 10.9 Å². The minimum Gasteiger partial charge on any atom is -0.447 e. The molecule has 0 aromatic rings. The molecule has 3 rings (SSSR count). The number of hydrogen-bond acceptors (Lipinski definition) is 5. The second-order valence-corrected chi connectivity index (χ2v) is 8.78. The molecule has 5 unspecified atom stereocenters. The zero-order valence-electron chi connectivity index (χ0n) is 17.3. The molecule has 6 atom stereocenters. The van der Waals surface area contributed by atoms with Crippen LogP contribution < -0.4 is 10.9 Å². The van der Waals surface area contributed by atoms with Gasteiger partial charge in [-0.2, -0.15) is 13.2 Å². The average molecular weight is 420 g/mol. The molecule has 0 aromatic heterocycles. The number of piperazine rings is 1. The lowest BCUT2D eigenvalue weighted by molar-refractivity contribution is -0.167. The molecule has 3 aliphatic rings. The van der Waals surface area contributed by atoms with Gasteiger partial charge in [-0.05, 0) is 46.0 Å². The van der Waals surface area contributed by atoms with Gasteiger partial charge in [-0.3, -0.25) is 10.2 Å². The third-order valence-electron chi connectivity index (χ3n) is 6.43. The number of hydrogen-bond donors (Lipinski definition) is 2. The third kappa shape index (κ3) is 4.47. The van der Waals surface area contributed by atoms with Gasteiger partial charge in [-0.1, -0.05) is 0 Å². The smallest absolute Gasteiger partial charge is 0.410 e. The van der Waals surface area contributed by atoms with Gasteiger partial charge in [0, 0.05) is 32.0 Å². The Hall–Kier alpha value is -1.55. The molecular formula is C19H31F3N4O3. The van der Waals surface area contributed by atoms with Crippen molar-refractivity contribution in [3.63, 3.8) is 0 Å². The van der Waals surface area contributed by atoms with E-state index in [0.717, 1.165) is 0 Å². The van der Waals surface area contributed by atoms with Crippen molar-refractivity contribution in [2.75, 3.05) is 13.1 Å². The van der Waals surface area contributed by atoms with E-state index in [0.29, 0.717) is 25.8 Å². The van der Waals surface area contributed by atoms with Crippen LogP contribution in [-0.4, -0.2) is 71.3 Å². The van der Waals surface area contributed by atoms with Crippen molar-refractivity contribution in [1.29, 1.82) is 0 Å². The number of amides is 2. The third-order valence-corrected chi connectivity index (χ3v) is 6.43. The van der Waals surface area contributed by atoms with Gasteiger partial charge in [-0.25, -0.2) is 10.2 Å². The van der Waals surface area contributed by atoms with Crippen LogP contribution in [0.1, 0.15) is 47.0 Å². The fraction of sp³-hybridized carbons (Fsp3) is 0.895. The lowest BCUT2D eigenvalue weighted by Crippen LogP contribution is -2.67. The van der Waals surface area contributed by atoms with Gasteiger partial charge in [0.2, 0.25) is 5.91 Å². The monoisotopic (exact) mass is 420 g/mol. The summed E-state index contributed by atoms with van der Waals surface area (Å²) in [6.07, 6.45) is -3.50. The Bertz CT molecular complexity index is 630. The minimum atomic E-state index is -4.34. The molecule has 10 heteroatoms. The topological polar surface area (TPSA) is 73.9 Å². The summed E-state index contributed by atoms with van der Waals surface area (Å²) in [5.41, 5.74) is 5.02. The summed E-state index contributed by atoms with van der Waals surface area (Å²) in [6.45, 7) is 7.48. The van der Waals surface area contributed by atoms with Crippen molar-refractivity contribution in [3.05, 3.63) is 0 Å². The number of carbonyl (C=O) groups excluding carboxylic acids is 2. The minimum absolute atomic E-state index is 0.0693. The molecule has 2 saturated heterocycles. The van der Waals surface area contributed by atoms with Gasteiger partial charge >= 0.3 is 12.3 Å². The Labute approximate surface area is 169 Å². The van der Waals surface area contributed by atoms with Gasteiger partial charge in [0.05, 0.1) is 18.2 Å². The number of halogens is 3. The summed E-state index contributed by atoms with van der Waals surface area (Å²) in [5.74, 6) is -0.883. The molecule has 1 saturated carbocycles. The highest BCUT2D eigenvalue weighted by Crippen LogP contribution is 2.42. The van der Waals surface area contributed by atoms with Crippen molar-refractivity contribution in [2.45, 2.75) is 83.4 Å². The van der Waals surface area contributed by atoms with E-state index < -0.39 is 24.2 Å². The second-order valence-electron chi connectivity index (χ2n) is 8.78. The summed E-state index contributed by atoms with van der Waals surface area (Å²) in [6, 6.07) is -2.30. The summed E-state index contributed by atoms with van der Waals surface area (Å²) >= 11 is 0. The van der Waals surface area contributed by atoms with E-state index in [1.54, 1.807) is 23.6 Å². The van der Waals surface area contributed by atoms with Crippen molar-refractivity contribution in [3.8, 4) is 0 Å². The number of nitrogens with zero attached hydrogens (tertiary/aromatic N) is 2. The normalized spacial score (nSPS) is 35.6. The zero-order chi connectivity index (χ0) is 21.5. The Morgan fingerprint density at radius 2 is 1.86 bits per heavy atom. The van der Waals surface area contributed by atoms with Crippen LogP contribution in [0, 0.1) is 11.8 Å². The van der Waals surface area contributed by atoms with Crippen LogP contribution in [0.2, 0.25) is 0 Å². The maximum atomic E-state index is 13.4. The lowest BCUT2D eigenvalue weighted by atomic mass is 9.71. The second kappa shape index (κ2) is 8.29. The molecule has 2 aliphatic heterocycles. The van der Waals surface area contributed by atoms with Crippen molar-refractivity contribution >= 4 is 12.0 Å². The number of fused-ring (bicyclic) bond motifs is 1. The van der Waals surface area contributed by atoms with Crippen LogP contribution in [0.4, 0.5) is 18.0 Å². The lowest BCUT2D eigenvalue weighted by Gasteiger charge is -2.54. The van der Waals surface area contributed by atoms with Crippen LogP contribution in [0.15, 0.2) is 0 Å². The van der Waals surface area contributed by atoms with E-state index in [9.17, 15) is 22.8 Å². The molecule has 0 aromatic carbocycles. The molecule has 0 spiro atoms. The van der Waals surface area contributed by atoms with Crippen molar-refractivity contribution in [1.82, 2.24) is 20.7 Å². The number of rotatable bonds is 2. The summed E-state index contributed by atoms with van der Waals surface area (Å²) in [5, 5.41) is 0. The molecular weight excluding hydrogens is 389 g/mol. The van der Waals surface area contributed by atoms with Gasteiger partial charge in [-0.15, -0.1) is 0 Å². The fourth-order valence-corrected chi connectivity index (χ4v) is 5.34. The summed E-state index contributed by atoms with van der Waals surface area (Å²) in [7, 11) is 0. The predicted molar refractivity (Wildman–Crippen MR) is 99.7 cm³/mol. The average Bonchev–Trinajstić information content (AvgIpc) is 3.09. The molecule has 2 N–H and O–H groups in total. The molecule has 7 nitrogen and oxygen atoms in total. The highest BCUT2D eigenvalue weighted by molar-refractivity contribution is 5.75. The van der Waals surface area contributed by atoms with E-state index in [1.807, 2.05) is 6.92 Å². The number of ether oxygens (including phenoxy) is 1. The maximum Gasteiger partial charge on any atom is 0.410 e. The van der Waals surface area contributed by atoms with Gasteiger partial charge in [0.15, 0.2) is 0 Å². The van der Waals surface area contributed by atoms with Crippen molar-refractivity contribution < 1.29 is 27.5 Å². The number of nitrogens with one attached hydrogen (secondary N) is 2. The summed E-state index contributed by atoms with van der Waals surface area (Å²) in [4.78, 5) is 28.4. The standard InChI is InChI=1S/C19H31F3N4O3/c1-10(2)29-18(28)25-9-11(3)26(12(4)27)15-6-5-13(7-16(15)25)14-8-23-24-17(14)19(20,21)22/h10-11,13-17,23-24H,5-9H2,1-4H3/t11-,13?,14?,15?,16?,17?/m0/s1. The Morgan fingerprint density at radius 3 is 2.45 bits per heavy atom. The molecule has 3 fully saturated rings. The fourth-order valence-electron chi connectivity index (χ4n) is 5.34. The molecule has 0 radical (unpaired) electrons. The molecule has 1 aliphatic carbocycles. The largest absolute Gasteiger partial charge is 0.447 e. The number of hydrazine groups is 1. The van der Waals surface area contributed by atoms with Crippen LogP contribution in [-0.2, 0) is 9.53 Å². The number of alkyl halides is 3. The van der Waals surface area contributed by atoms with E-state index in [4.69, 9.17) is 4.74 Å². The van der Waals surface area contributed by atoms with Gasteiger partial charge < -0.3 is 14.5 Å². The first-order chi connectivity index (χ1) is 13.5. The van der Waals surface area contributed by atoms with Crippen molar-refractivity contribution in [2.24, 2.45) is 11.8 Å². The highest BCUT2D eigenvalue weighted by atomic mass is 19.4. The van der Waals surface area contributed by atoms with E-state index >= 15 is 0 Å². The molecule has 166 valence electrons. The molecule has 2 amide bonds. The van der Waals surface area contributed by atoms with Crippen LogP contribution in [0.25, 0.3) is 0 Å². The summed E-state index contributed by atoms with van der Waals surface area (Å²) < 4.78 is 45.7. The van der Waals surface area contributed by atoms with Crippen LogP contribution in [0.3, 0.4) is 0 Å². The molecule has 2 heterocycles. The van der Waals surface area contributed by atoms with Gasteiger partial charge in [0.1, 0.15) is 6.04 Å². The van der Waals surface area contributed by atoms with E-state index in [-0.39, 0.29) is 42.6 Å².